The van der Waals surface area contributed by atoms with Crippen molar-refractivity contribution < 1.29 is 14.4 Å². The second-order valence-corrected chi connectivity index (χ2v) is 7.62. The minimum atomic E-state index is -0.523. The lowest BCUT2D eigenvalue weighted by molar-refractivity contribution is -0.144. The Bertz CT molecular complexity index is 911. The Morgan fingerprint density at radius 1 is 1.22 bits per heavy atom. The Labute approximate surface area is 157 Å². The van der Waals surface area contributed by atoms with Gasteiger partial charge in [0.05, 0.1) is 16.4 Å². The molecule has 0 bridgehead atoms. The van der Waals surface area contributed by atoms with Crippen LogP contribution in [-0.2, 0) is 27.9 Å². The number of carbonyl (C=O) groups excluding carboxylic acids is 3. The molecule has 1 N–H and O–H groups in total. The topological polar surface area (TPSA) is 84.3 Å². The van der Waals surface area contributed by atoms with Crippen molar-refractivity contribution in [1.82, 2.24) is 19.8 Å². The number of carbonyl (C=O) groups is 3. The number of fused-ring (bicyclic) bond motifs is 1. The van der Waals surface area contributed by atoms with Crippen LogP contribution < -0.4 is 5.32 Å². The Morgan fingerprint density at radius 3 is 2.70 bits per heavy atom. The maximum atomic E-state index is 12.6. The van der Waals surface area contributed by atoms with Gasteiger partial charge in [0, 0.05) is 26.4 Å². The van der Waals surface area contributed by atoms with Gasteiger partial charge < -0.3 is 9.88 Å². The number of aryl methyl sites for hydroxylation is 1. The highest BCUT2D eigenvalue weighted by Crippen LogP contribution is 2.46. The van der Waals surface area contributed by atoms with E-state index in [-0.39, 0.29) is 30.7 Å². The summed E-state index contributed by atoms with van der Waals surface area (Å²) in [6.07, 6.45) is 4.35. The Hall–Kier alpha value is -2.70. The molecule has 142 valence electrons. The molecule has 1 aliphatic carbocycles. The first-order valence-corrected chi connectivity index (χ1v) is 9.52. The minimum absolute atomic E-state index is 0.157. The molecule has 1 saturated heterocycles. The molecular weight excluding hydrogens is 344 g/mol. The number of imide groups is 1. The number of amides is 3. The van der Waals surface area contributed by atoms with Crippen LogP contribution in [0.4, 0.5) is 0 Å². The van der Waals surface area contributed by atoms with Gasteiger partial charge in [-0.15, -0.1) is 0 Å². The summed E-state index contributed by atoms with van der Waals surface area (Å²) in [5.74, 6) is 0.211. The molecule has 7 heteroatoms. The van der Waals surface area contributed by atoms with Gasteiger partial charge in [0.1, 0.15) is 12.4 Å². The zero-order valence-electron chi connectivity index (χ0n) is 15.5. The first-order valence-electron chi connectivity index (χ1n) is 9.52. The minimum Gasteiger partial charge on any atom is -0.354 e. The quantitative estimate of drug-likeness (QED) is 0.812. The number of nitrogens with zero attached hydrogens (tertiary/aromatic N) is 3. The van der Waals surface area contributed by atoms with Crippen molar-refractivity contribution in [2.45, 2.75) is 38.5 Å². The van der Waals surface area contributed by atoms with Gasteiger partial charge in [0.25, 0.3) is 0 Å². The summed E-state index contributed by atoms with van der Waals surface area (Å²) in [6.45, 7) is 0.235. The summed E-state index contributed by atoms with van der Waals surface area (Å²) in [5.41, 5.74) is 1.45. The predicted octanol–water partition coefficient (Wildman–Crippen LogP) is 1.55. The molecule has 2 aromatic rings. The summed E-state index contributed by atoms with van der Waals surface area (Å²) in [7, 11) is 1.95. The highest BCUT2D eigenvalue weighted by molar-refractivity contribution is 6.08. The van der Waals surface area contributed by atoms with Crippen LogP contribution in [0.15, 0.2) is 24.3 Å². The molecule has 1 saturated carbocycles. The zero-order chi connectivity index (χ0) is 19.0. The maximum Gasteiger partial charge on any atom is 0.240 e. The van der Waals surface area contributed by atoms with Crippen LogP contribution in [0.25, 0.3) is 11.0 Å². The number of hydrogen-bond acceptors (Lipinski definition) is 4. The van der Waals surface area contributed by atoms with Crippen LogP contribution in [0.3, 0.4) is 0 Å². The number of hydrogen-bond donors (Lipinski definition) is 1. The van der Waals surface area contributed by atoms with E-state index in [9.17, 15) is 14.4 Å². The fourth-order valence-corrected chi connectivity index (χ4v) is 4.39. The van der Waals surface area contributed by atoms with E-state index in [1.165, 1.54) is 0 Å². The first kappa shape index (κ1) is 17.7. The number of aromatic nitrogens is 2. The molecule has 27 heavy (non-hydrogen) atoms. The van der Waals surface area contributed by atoms with E-state index < -0.39 is 5.41 Å². The van der Waals surface area contributed by atoms with Gasteiger partial charge in [-0.2, -0.15) is 0 Å². The largest absolute Gasteiger partial charge is 0.354 e. The van der Waals surface area contributed by atoms with Crippen molar-refractivity contribution in [2.24, 2.45) is 12.5 Å². The molecule has 1 aliphatic heterocycles. The van der Waals surface area contributed by atoms with Crippen LogP contribution in [0.5, 0.6) is 0 Å². The van der Waals surface area contributed by atoms with E-state index in [1.54, 1.807) is 0 Å². The molecule has 2 fully saturated rings. The average Bonchev–Trinajstić information content (AvgIpc) is 3.31. The van der Waals surface area contributed by atoms with Gasteiger partial charge in [-0.05, 0) is 25.0 Å². The van der Waals surface area contributed by atoms with E-state index >= 15 is 0 Å². The van der Waals surface area contributed by atoms with Crippen molar-refractivity contribution in [2.75, 3.05) is 13.1 Å². The second-order valence-electron chi connectivity index (χ2n) is 7.62. The SMILES string of the molecule is Cn1c(CCNC(=O)CN2C(=O)CC3(CCCC3)C2=O)nc2ccccc21. The fraction of sp³-hybridized carbons (Fsp3) is 0.500. The van der Waals surface area contributed by atoms with Crippen LogP contribution in [0.1, 0.15) is 37.9 Å². The Morgan fingerprint density at radius 2 is 1.96 bits per heavy atom. The van der Waals surface area contributed by atoms with E-state index in [4.69, 9.17) is 0 Å². The smallest absolute Gasteiger partial charge is 0.240 e. The van der Waals surface area contributed by atoms with Crippen LogP contribution in [0, 0.1) is 5.41 Å². The van der Waals surface area contributed by atoms with E-state index in [1.807, 2.05) is 35.9 Å². The lowest BCUT2D eigenvalue weighted by atomic mass is 9.84. The van der Waals surface area contributed by atoms with E-state index in [0.717, 1.165) is 47.4 Å². The standard InChI is InChI=1S/C20H24N4O3/c1-23-15-7-3-2-6-14(15)22-16(23)8-11-21-17(25)13-24-18(26)12-20(19(24)27)9-4-5-10-20/h2-3,6-7H,4-5,8-13H2,1H3,(H,21,25). The van der Waals surface area contributed by atoms with Gasteiger partial charge in [0.15, 0.2) is 0 Å². The van der Waals surface area contributed by atoms with Crippen molar-refractivity contribution in [1.29, 1.82) is 0 Å². The highest BCUT2D eigenvalue weighted by Gasteiger charge is 2.52. The second kappa shape index (κ2) is 6.79. The summed E-state index contributed by atoms with van der Waals surface area (Å²) in [4.78, 5) is 42.8. The summed E-state index contributed by atoms with van der Waals surface area (Å²) >= 11 is 0. The molecule has 7 nitrogen and oxygen atoms in total. The lowest BCUT2D eigenvalue weighted by Crippen LogP contribution is -2.42. The zero-order valence-corrected chi connectivity index (χ0v) is 15.5. The maximum absolute atomic E-state index is 12.6. The predicted molar refractivity (Wildman–Crippen MR) is 99.7 cm³/mol. The number of likely N-dealkylation sites (tertiary alicyclic amines) is 1. The molecule has 3 amide bonds. The van der Waals surface area contributed by atoms with Crippen LogP contribution in [-0.4, -0.2) is 45.3 Å². The van der Waals surface area contributed by atoms with Gasteiger partial charge in [0.2, 0.25) is 17.7 Å². The van der Waals surface area contributed by atoms with Crippen molar-refractivity contribution in [3.63, 3.8) is 0 Å². The fourth-order valence-electron chi connectivity index (χ4n) is 4.39. The molecule has 0 unspecified atom stereocenters. The third kappa shape index (κ3) is 3.11. The van der Waals surface area contributed by atoms with E-state index in [2.05, 4.69) is 10.3 Å². The number of imidazole rings is 1. The lowest BCUT2D eigenvalue weighted by Gasteiger charge is -2.20. The first-order chi connectivity index (χ1) is 13.0. The summed E-state index contributed by atoms with van der Waals surface area (Å²) in [5, 5.41) is 2.81. The molecule has 4 rings (SSSR count). The average molecular weight is 368 g/mol. The van der Waals surface area contributed by atoms with Gasteiger partial charge >= 0.3 is 0 Å². The van der Waals surface area contributed by atoms with Crippen molar-refractivity contribution in [3.05, 3.63) is 30.1 Å². The molecule has 2 aliphatic rings. The van der Waals surface area contributed by atoms with Crippen molar-refractivity contribution in [3.8, 4) is 0 Å². The molecule has 0 atom stereocenters. The third-order valence-corrected chi connectivity index (χ3v) is 5.90. The molecule has 1 aromatic carbocycles. The van der Waals surface area contributed by atoms with Crippen LogP contribution >= 0.6 is 0 Å². The summed E-state index contributed by atoms with van der Waals surface area (Å²) in [6, 6.07) is 7.88. The number of benzene rings is 1. The Balaban J connectivity index is 1.33. The monoisotopic (exact) mass is 368 g/mol. The number of para-hydroxylation sites is 2. The molecular formula is C20H24N4O3. The summed E-state index contributed by atoms with van der Waals surface area (Å²) < 4.78 is 2.01. The van der Waals surface area contributed by atoms with E-state index in [0.29, 0.717) is 13.0 Å². The van der Waals surface area contributed by atoms with Gasteiger partial charge in [-0.25, -0.2) is 4.98 Å². The Kier molecular flexibility index (Phi) is 4.45. The molecule has 0 radical (unpaired) electrons. The third-order valence-electron chi connectivity index (χ3n) is 5.90. The van der Waals surface area contributed by atoms with Gasteiger partial charge in [-0.3, -0.25) is 19.3 Å². The normalized spacial score (nSPS) is 18.8. The molecule has 2 heterocycles. The van der Waals surface area contributed by atoms with Crippen molar-refractivity contribution >= 4 is 28.8 Å². The van der Waals surface area contributed by atoms with Crippen LogP contribution in [0.2, 0.25) is 0 Å². The highest BCUT2D eigenvalue weighted by atomic mass is 16.2. The molecule has 1 aromatic heterocycles. The number of rotatable bonds is 5. The molecule has 1 spiro atoms. The number of nitrogens with one attached hydrogen (secondary N) is 1. The van der Waals surface area contributed by atoms with Gasteiger partial charge in [-0.1, -0.05) is 25.0 Å².